The minimum Gasteiger partial charge on any atom is -0.480 e. The number of carbonyl (C=O) groups excluding carboxylic acids is 1. The van der Waals surface area contributed by atoms with Crippen molar-refractivity contribution >= 4 is 34.7 Å². The molecule has 9 heteroatoms. The van der Waals surface area contributed by atoms with Gasteiger partial charge in [-0.15, -0.1) is 0 Å². The molecule has 1 aromatic carbocycles. The van der Waals surface area contributed by atoms with Crippen LogP contribution in [0, 0.1) is 0 Å². The molecule has 2 aliphatic rings. The fraction of sp³-hybridized carbons (Fsp3) is 0.524. The minimum atomic E-state index is -1.02. The zero-order chi connectivity index (χ0) is 21.5. The van der Waals surface area contributed by atoms with Crippen LogP contribution in [-0.4, -0.2) is 69.4 Å². The van der Waals surface area contributed by atoms with Crippen molar-refractivity contribution in [3.63, 3.8) is 0 Å². The standard InChI is InChI=1S/C21H27N5O4/c1-21(2,3)30-20(29)25-10-11-26(16(12-25)19(27)28)18-17(22-13-8-9-13)23-14-6-4-5-7-15(14)24-18/h4-7,13,16H,8-12H2,1-3H3,(H,22,23)(H,27,28)/t16-/m0/s1. The van der Waals surface area contributed by atoms with Crippen LogP contribution >= 0.6 is 0 Å². The number of hydrogen-bond acceptors (Lipinski definition) is 7. The number of rotatable bonds is 4. The van der Waals surface area contributed by atoms with Crippen LogP contribution in [0.15, 0.2) is 24.3 Å². The number of aliphatic carboxylic acids is 1. The molecule has 1 aliphatic heterocycles. The van der Waals surface area contributed by atoms with E-state index in [9.17, 15) is 14.7 Å². The third kappa shape index (κ3) is 4.39. The topological polar surface area (TPSA) is 108 Å². The molecule has 0 unspecified atom stereocenters. The summed E-state index contributed by atoms with van der Waals surface area (Å²) in [7, 11) is 0. The summed E-state index contributed by atoms with van der Waals surface area (Å²) in [5.74, 6) is 0.0839. The molecule has 1 aliphatic carbocycles. The molecule has 30 heavy (non-hydrogen) atoms. The van der Waals surface area contributed by atoms with Gasteiger partial charge in [-0.2, -0.15) is 0 Å². The zero-order valence-corrected chi connectivity index (χ0v) is 17.5. The second-order valence-electron chi connectivity index (χ2n) is 8.78. The molecule has 9 nitrogen and oxygen atoms in total. The number of anilines is 2. The number of carboxylic acids is 1. The number of para-hydroxylation sites is 2. The summed E-state index contributed by atoms with van der Waals surface area (Å²) in [4.78, 5) is 37.2. The van der Waals surface area contributed by atoms with E-state index in [2.05, 4.69) is 5.32 Å². The Hall–Kier alpha value is -3.10. The second kappa shape index (κ2) is 7.62. The fourth-order valence-corrected chi connectivity index (χ4v) is 3.45. The molecule has 0 radical (unpaired) electrons. The first-order valence-electron chi connectivity index (χ1n) is 10.2. The highest BCUT2D eigenvalue weighted by molar-refractivity contribution is 5.85. The van der Waals surface area contributed by atoms with Gasteiger partial charge in [-0.3, -0.25) is 0 Å². The van der Waals surface area contributed by atoms with Gasteiger partial charge in [0.15, 0.2) is 11.6 Å². The van der Waals surface area contributed by atoms with Crippen molar-refractivity contribution in [1.82, 2.24) is 14.9 Å². The van der Waals surface area contributed by atoms with Gasteiger partial charge in [0.05, 0.1) is 17.6 Å². The van der Waals surface area contributed by atoms with E-state index in [1.165, 1.54) is 4.90 Å². The Balaban J connectivity index is 1.64. The lowest BCUT2D eigenvalue weighted by molar-refractivity contribution is -0.139. The van der Waals surface area contributed by atoms with Gasteiger partial charge in [0.2, 0.25) is 0 Å². The van der Waals surface area contributed by atoms with E-state index in [-0.39, 0.29) is 6.54 Å². The summed E-state index contributed by atoms with van der Waals surface area (Å²) in [6, 6.07) is 6.92. The Kier molecular flexibility index (Phi) is 5.13. The number of fused-ring (bicyclic) bond motifs is 1. The third-order valence-corrected chi connectivity index (χ3v) is 5.06. The van der Waals surface area contributed by atoms with Crippen LogP contribution in [0.25, 0.3) is 11.0 Å². The highest BCUT2D eigenvalue weighted by Crippen LogP contribution is 2.32. The van der Waals surface area contributed by atoms with E-state index in [4.69, 9.17) is 14.7 Å². The Bertz CT molecular complexity index is 970. The predicted octanol–water partition coefficient (Wildman–Crippen LogP) is 2.71. The molecule has 1 saturated heterocycles. The summed E-state index contributed by atoms with van der Waals surface area (Å²) in [6.45, 7) is 6.04. The lowest BCUT2D eigenvalue weighted by Gasteiger charge is -2.40. The molecule has 1 aromatic heterocycles. The summed E-state index contributed by atoms with van der Waals surface area (Å²) in [6.07, 6.45) is 1.61. The van der Waals surface area contributed by atoms with Crippen LogP contribution < -0.4 is 10.2 Å². The molecule has 2 aromatic rings. The number of nitrogens with zero attached hydrogens (tertiary/aromatic N) is 4. The number of piperazine rings is 1. The highest BCUT2D eigenvalue weighted by atomic mass is 16.6. The fourth-order valence-electron chi connectivity index (χ4n) is 3.45. The monoisotopic (exact) mass is 413 g/mol. The molecule has 2 N–H and O–H groups in total. The van der Waals surface area contributed by atoms with E-state index in [0.717, 1.165) is 18.4 Å². The van der Waals surface area contributed by atoms with E-state index >= 15 is 0 Å². The van der Waals surface area contributed by atoms with E-state index in [1.807, 2.05) is 24.3 Å². The second-order valence-corrected chi connectivity index (χ2v) is 8.78. The predicted molar refractivity (Wildman–Crippen MR) is 113 cm³/mol. The first-order valence-corrected chi connectivity index (χ1v) is 10.2. The summed E-state index contributed by atoms with van der Waals surface area (Å²) in [5.41, 5.74) is 0.814. The molecule has 1 amide bonds. The van der Waals surface area contributed by atoms with Crippen LogP contribution in [-0.2, 0) is 9.53 Å². The number of benzene rings is 1. The van der Waals surface area contributed by atoms with Crippen molar-refractivity contribution in [2.75, 3.05) is 29.9 Å². The van der Waals surface area contributed by atoms with Crippen molar-refractivity contribution in [2.45, 2.75) is 51.3 Å². The average molecular weight is 413 g/mol. The highest BCUT2D eigenvalue weighted by Gasteiger charge is 2.38. The van der Waals surface area contributed by atoms with E-state index in [0.29, 0.717) is 36.3 Å². The molecule has 160 valence electrons. The maximum absolute atomic E-state index is 12.5. The Morgan fingerprint density at radius 2 is 1.80 bits per heavy atom. The third-order valence-electron chi connectivity index (χ3n) is 5.06. The van der Waals surface area contributed by atoms with Gasteiger partial charge < -0.3 is 25.0 Å². The largest absolute Gasteiger partial charge is 0.480 e. The Morgan fingerprint density at radius 3 is 2.40 bits per heavy atom. The van der Waals surface area contributed by atoms with Crippen molar-refractivity contribution in [3.8, 4) is 0 Å². The van der Waals surface area contributed by atoms with Gasteiger partial charge in [-0.25, -0.2) is 19.6 Å². The normalized spacial score (nSPS) is 19.6. The van der Waals surface area contributed by atoms with E-state index in [1.54, 1.807) is 25.7 Å². The van der Waals surface area contributed by atoms with Gasteiger partial charge >= 0.3 is 12.1 Å². The molecule has 0 bridgehead atoms. The molecular formula is C21H27N5O4. The maximum Gasteiger partial charge on any atom is 0.410 e. The smallest absolute Gasteiger partial charge is 0.410 e. The van der Waals surface area contributed by atoms with Crippen LogP contribution in [0.3, 0.4) is 0 Å². The van der Waals surface area contributed by atoms with Gasteiger partial charge in [0, 0.05) is 19.1 Å². The van der Waals surface area contributed by atoms with Crippen molar-refractivity contribution < 1.29 is 19.4 Å². The van der Waals surface area contributed by atoms with Crippen LogP contribution in [0.1, 0.15) is 33.6 Å². The van der Waals surface area contributed by atoms with Crippen molar-refractivity contribution in [1.29, 1.82) is 0 Å². The number of carbonyl (C=O) groups is 2. The molecular weight excluding hydrogens is 386 g/mol. The lowest BCUT2D eigenvalue weighted by Crippen LogP contribution is -2.59. The lowest BCUT2D eigenvalue weighted by atomic mass is 10.1. The van der Waals surface area contributed by atoms with Crippen LogP contribution in [0.2, 0.25) is 0 Å². The first-order chi connectivity index (χ1) is 14.2. The molecule has 4 rings (SSSR count). The summed E-state index contributed by atoms with van der Waals surface area (Å²) in [5, 5.41) is 13.3. The summed E-state index contributed by atoms with van der Waals surface area (Å²) >= 11 is 0. The Morgan fingerprint density at radius 1 is 1.13 bits per heavy atom. The number of carboxylic acid groups (broad SMARTS) is 1. The van der Waals surface area contributed by atoms with Crippen molar-refractivity contribution in [2.24, 2.45) is 0 Å². The maximum atomic E-state index is 12.5. The number of amides is 1. The zero-order valence-electron chi connectivity index (χ0n) is 17.5. The van der Waals surface area contributed by atoms with Crippen LogP contribution in [0.5, 0.6) is 0 Å². The number of hydrogen-bond donors (Lipinski definition) is 2. The van der Waals surface area contributed by atoms with Gasteiger partial charge in [-0.05, 0) is 45.7 Å². The number of aromatic nitrogens is 2. The molecule has 2 heterocycles. The van der Waals surface area contributed by atoms with E-state index < -0.39 is 23.7 Å². The average Bonchev–Trinajstić information content (AvgIpc) is 3.49. The molecule has 1 atom stereocenters. The molecule has 2 fully saturated rings. The number of ether oxygens (including phenoxy) is 1. The van der Waals surface area contributed by atoms with Gasteiger partial charge in [-0.1, -0.05) is 12.1 Å². The van der Waals surface area contributed by atoms with Crippen molar-refractivity contribution in [3.05, 3.63) is 24.3 Å². The number of nitrogens with one attached hydrogen (secondary N) is 1. The quantitative estimate of drug-likeness (QED) is 0.788. The molecule has 1 saturated carbocycles. The first kappa shape index (κ1) is 20.2. The summed E-state index contributed by atoms with van der Waals surface area (Å²) < 4.78 is 5.42. The van der Waals surface area contributed by atoms with Gasteiger partial charge in [0.25, 0.3) is 0 Å². The Labute approximate surface area is 175 Å². The minimum absolute atomic E-state index is 0.0155. The van der Waals surface area contributed by atoms with Crippen LogP contribution in [0.4, 0.5) is 16.4 Å². The SMILES string of the molecule is CC(C)(C)OC(=O)N1CCN(c2nc3ccccc3nc2NC2CC2)[C@H](C(=O)O)C1. The molecule has 0 spiro atoms. The van der Waals surface area contributed by atoms with Gasteiger partial charge in [0.1, 0.15) is 11.6 Å².